The van der Waals surface area contributed by atoms with E-state index < -0.39 is 0 Å². The van der Waals surface area contributed by atoms with Crippen LogP contribution in [0.4, 0.5) is 23.1 Å². The summed E-state index contributed by atoms with van der Waals surface area (Å²) in [5, 5.41) is 13.0. The smallest absolute Gasteiger partial charge is 0.256 e. The number of hydrogen-bond acceptors (Lipinski definition) is 7. The Morgan fingerprint density at radius 2 is 1.83 bits per heavy atom. The van der Waals surface area contributed by atoms with Crippen LogP contribution in [0.25, 0.3) is 0 Å². The summed E-state index contributed by atoms with van der Waals surface area (Å²) in [5.41, 5.74) is 5.60. The third kappa shape index (κ3) is 6.33. The van der Waals surface area contributed by atoms with Gasteiger partial charge in [-0.3, -0.25) is 9.78 Å². The van der Waals surface area contributed by atoms with Crippen molar-refractivity contribution in [2.75, 3.05) is 17.2 Å². The maximum absolute atomic E-state index is 12.9. The van der Waals surface area contributed by atoms with Crippen LogP contribution in [-0.2, 0) is 18.4 Å². The largest absolute Gasteiger partial charge is 0.350 e. The van der Waals surface area contributed by atoms with E-state index in [1.807, 2.05) is 26.0 Å². The molecule has 8 nitrogen and oxygen atoms in total. The minimum atomic E-state index is -0.227. The van der Waals surface area contributed by atoms with Gasteiger partial charge in [0.15, 0.2) is 0 Å². The molecule has 2 aromatic heterocycles. The second-order valence-corrected chi connectivity index (χ2v) is 10.3. The van der Waals surface area contributed by atoms with E-state index in [1.165, 1.54) is 11.1 Å². The quantitative estimate of drug-likeness (QED) is 0.406. The van der Waals surface area contributed by atoms with Gasteiger partial charge in [-0.15, -0.1) is 0 Å². The Kier molecular flexibility index (Phi) is 7.31. The predicted molar refractivity (Wildman–Crippen MR) is 141 cm³/mol. The van der Waals surface area contributed by atoms with Gasteiger partial charge in [-0.25, -0.2) is 4.98 Å². The molecule has 1 amide bonds. The van der Waals surface area contributed by atoms with Gasteiger partial charge in [0.25, 0.3) is 5.91 Å². The van der Waals surface area contributed by atoms with Crippen molar-refractivity contribution in [3.63, 3.8) is 0 Å². The Morgan fingerprint density at radius 3 is 2.60 bits per heavy atom. The highest BCUT2D eigenvalue weighted by Crippen LogP contribution is 2.27. The van der Waals surface area contributed by atoms with E-state index in [1.54, 1.807) is 12.4 Å². The molecular weight excluding hydrogens is 438 g/mol. The lowest BCUT2D eigenvalue weighted by Crippen LogP contribution is -2.31. The van der Waals surface area contributed by atoms with Crippen LogP contribution in [0.5, 0.6) is 0 Å². The lowest BCUT2D eigenvalue weighted by molar-refractivity contribution is 0.0943. The molecule has 184 valence electrons. The maximum Gasteiger partial charge on any atom is 0.256 e. The summed E-state index contributed by atoms with van der Waals surface area (Å²) in [7, 11) is 0. The molecule has 0 aliphatic carbocycles. The van der Waals surface area contributed by atoms with Crippen LogP contribution in [0.1, 0.15) is 68.2 Å². The molecule has 1 aliphatic rings. The molecule has 0 saturated carbocycles. The number of aromatic nitrogens is 3. The second-order valence-electron chi connectivity index (χ2n) is 10.3. The first-order valence-corrected chi connectivity index (χ1v) is 12.2. The number of pyridine rings is 1. The third-order valence-electron chi connectivity index (χ3n) is 5.82. The zero-order chi connectivity index (χ0) is 25.0. The molecule has 1 aliphatic heterocycles. The number of nitrogens with one attached hydrogen (secondary N) is 4. The first kappa shape index (κ1) is 24.6. The number of benzene rings is 1. The Labute approximate surface area is 207 Å². The van der Waals surface area contributed by atoms with Crippen molar-refractivity contribution in [1.82, 2.24) is 25.6 Å². The van der Waals surface area contributed by atoms with Crippen LogP contribution in [0.15, 0.2) is 42.7 Å². The van der Waals surface area contributed by atoms with Crippen LogP contribution in [0.2, 0.25) is 0 Å². The van der Waals surface area contributed by atoms with Gasteiger partial charge < -0.3 is 21.3 Å². The first-order chi connectivity index (χ1) is 16.7. The lowest BCUT2D eigenvalue weighted by atomic mass is 9.91. The van der Waals surface area contributed by atoms with E-state index in [0.717, 1.165) is 43.0 Å². The molecule has 0 saturated heterocycles. The molecule has 8 heteroatoms. The minimum Gasteiger partial charge on any atom is -0.350 e. The molecule has 0 atom stereocenters. The zero-order valence-electron chi connectivity index (χ0n) is 21.2. The molecule has 0 radical (unpaired) electrons. The molecule has 0 bridgehead atoms. The van der Waals surface area contributed by atoms with Crippen molar-refractivity contribution in [3.8, 4) is 0 Å². The van der Waals surface area contributed by atoms with Gasteiger partial charge in [0, 0.05) is 47.5 Å². The predicted octanol–water partition coefficient (Wildman–Crippen LogP) is 4.83. The van der Waals surface area contributed by atoms with Crippen molar-refractivity contribution in [1.29, 1.82) is 0 Å². The van der Waals surface area contributed by atoms with Gasteiger partial charge in [-0.2, -0.15) is 4.98 Å². The standard InChI is InChI=1S/C27H35N7O/c1-17(2)31-25(35)22-16-30-26(33-20-9-8-18-7-6-11-28-15-19(18)13-20)34-24(22)32-21-10-12-29-23(14-21)27(3,4)5/h8-10,12-14,16-17,28H,6-7,11,15H2,1-5H3,(H,31,35)(H2,29,30,32,33,34). The van der Waals surface area contributed by atoms with E-state index in [9.17, 15) is 4.79 Å². The van der Waals surface area contributed by atoms with E-state index >= 15 is 0 Å². The number of aryl methyl sites for hydroxylation is 1. The highest BCUT2D eigenvalue weighted by Gasteiger charge is 2.19. The minimum absolute atomic E-state index is 0.00486. The molecule has 4 N–H and O–H groups in total. The number of carbonyl (C=O) groups is 1. The van der Waals surface area contributed by atoms with Crippen LogP contribution >= 0.6 is 0 Å². The molecule has 35 heavy (non-hydrogen) atoms. The van der Waals surface area contributed by atoms with Crippen molar-refractivity contribution in [2.45, 2.75) is 65.5 Å². The van der Waals surface area contributed by atoms with Gasteiger partial charge in [0.05, 0.1) is 0 Å². The summed E-state index contributed by atoms with van der Waals surface area (Å²) in [6, 6.07) is 10.2. The SMILES string of the molecule is CC(C)NC(=O)c1cnc(Nc2ccc3c(c2)CNCCC3)nc1Nc1ccnc(C(C)(C)C)c1. The van der Waals surface area contributed by atoms with E-state index in [2.05, 4.69) is 75.2 Å². The van der Waals surface area contributed by atoms with Gasteiger partial charge in [-0.05, 0) is 68.6 Å². The summed E-state index contributed by atoms with van der Waals surface area (Å²) < 4.78 is 0. The van der Waals surface area contributed by atoms with Crippen LogP contribution in [0.3, 0.4) is 0 Å². The topological polar surface area (TPSA) is 104 Å². The van der Waals surface area contributed by atoms with Crippen molar-refractivity contribution < 1.29 is 4.79 Å². The monoisotopic (exact) mass is 473 g/mol. The Hall–Kier alpha value is -3.52. The number of amides is 1. The average molecular weight is 474 g/mol. The normalized spacial score (nSPS) is 13.7. The zero-order valence-corrected chi connectivity index (χ0v) is 21.2. The van der Waals surface area contributed by atoms with E-state index in [0.29, 0.717) is 17.3 Å². The number of anilines is 4. The van der Waals surface area contributed by atoms with Crippen LogP contribution in [0, 0.1) is 0 Å². The molecule has 4 rings (SSSR count). The number of rotatable bonds is 6. The molecular formula is C27H35N7O. The lowest BCUT2D eigenvalue weighted by Gasteiger charge is -2.19. The molecule has 3 heterocycles. The molecule has 0 spiro atoms. The van der Waals surface area contributed by atoms with Gasteiger partial charge in [-0.1, -0.05) is 26.8 Å². The van der Waals surface area contributed by atoms with Gasteiger partial charge in [0.2, 0.25) is 5.95 Å². The van der Waals surface area contributed by atoms with Gasteiger partial charge >= 0.3 is 0 Å². The van der Waals surface area contributed by atoms with Gasteiger partial charge in [0.1, 0.15) is 11.4 Å². The highest BCUT2D eigenvalue weighted by atomic mass is 16.1. The fourth-order valence-electron chi connectivity index (χ4n) is 3.97. The molecule has 0 unspecified atom stereocenters. The Morgan fingerprint density at radius 1 is 1.03 bits per heavy atom. The fourth-order valence-corrected chi connectivity index (χ4v) is 3.97. The van der Waals surface area contributed by atoms with Crippen molar-refractivity contribution in [3.05, 3.63) is 65.1 Å². The first-order valence-electron chi connectivity index (χ1n) is 12.2. The highest BCUT2D eigenvalue weighted by molar-refractivity contribution is 5.99. The second kappa shape index (κ2) is 10.4. The van der Waals surface area contributed by atoms with Crippen LogP contribution in [-0.4, -0.2) is 33.4 Å². The average Bonchev–Trinajstić information content (AvgIpc) is 3.03. The molecule has 3 aromatic rings. The molecule has 1 aromatic carbocycles. The van der Waals surface area contributed by atoms with E-state index in [-0.39, 0.29) is 17.4 Å². The number of carbonyl (C=O) groups excluding carboxylic acids is 1. The fraction of sp³-hybridized carbons (Fsp3) is 0.407. The molecule has 0 fully saturated rings. The Balaban J connectivity index is 1.65. The Bertz CT molecular complexity index is 1200. The number of nitrogens with zero attached hydrogens (tertiary/aromatic N) is 3. The summed E-state index contributed by atoms with van der Waals surface area (Å²) in [6.45, 7) is 12.1. The summed E-state index contributed by atoms with van der Waals surface area (Å²) in [4.78, 5) is 26.5. The summed E-state index contributed by atoms with van der Waals surface area (Å²) in [5.74, 6) is 0.624. The maximum atomic E-state index is 12.9. The number of hydrogen-bond donors (Lipinski definition) is 4. The number of fused-ring (bicyclic) bond motifs is 1. The third-order valence-corrected chi connectivity index (χ3v) is 5.82. The van der Waals surface area contributed by atoms with E-state index in [4.69, 9.17) is 0 Å². The van der Waals surface area contributed by atoms with Crippen LogP contribution < -0.4 is 21.3 Å². The van der Waals surface area contributed by atoms with Crippen molar-refractivity contribution >= 4 is 29.0 Å². The summed E-state index contributed by atoms with van der Waals surface area (Å²) >= 11 is 0. The summed E-state index contributed by atoms with van der Waals surface area (Å²) in [6.07, 6.45) is 5.55. The van der Waals surface area contributed by atoms with Crippen molar-refractivity contribution in [2.24, 2.45) is 0 Å².